The molecule has 0 amide bonds. The maximum absolute atomic E-state index is 6.32. The number of nitrogens with zero attached hydrogens (tertiary/aromatic N) is 2. The highest BCUT2D eigenvalue weighted by Gasteiger charge is 2.16. The van der Waals surface area contributed by atoms with Gasteiger partial charge in [-0.05, 0) is 43.7 Å². The van der Waals surface area contributed by atoms with Crippen molar-refractivity contribution in [2.75, 3.05) is 5.73 Å². The van der Waals surface area contributed by atoms with E-state index in [1.165, 1.54) is 5.56 Å². The summed E-state index contributed by atoms with van der Waals surface area (Å²) < 4.78 is 2.15. The van der Waals surface area contributed by atoms with E-state index in [1.807, 2.05) is 18.2 Å². The van der Waals surface area contributed by atoms with E-state index in [0.29, 0.717) is 10.7 Å². The minimum absolute atomic E-state index is 0.631. The number of imidazole rings is 1. The molecular weight excluding hydrogens is 270 g/mol. The second-order valence-corrected chi connectivity index (χ2v) is 5.28. The molecule has 2 aromatic carbocycles. The van der Waals surface area contributed by atoms with E-state index in [-0.39, 0.29) is 0 Å². The van der Waals surface area contributed by atoms with E-state index in [9.17, 15) is 0 Å². The molecule has 3 rings (SSSR count). The first-order chi connectivity index (χ1) is 9.61. The van der Waals surface area contributed by atoms with Gasteiger partial charge in [-0.25, -0.2) is 4.98 Å². The molecule has 20 heavy (non-hydrogen) atoms. The number of benzene rings is 2. The number of aromatic nitrogens is 2. The van der Waals surface area contributed by atoms with Crippen LogP contribution in [0.2, 0.25) is 5.02 Å². The number of aryl methyl sites for hydroxylation is 2. The number of fused-ring (bicyclic) bond motifs is 1. The predicted molar refractivity (Wildman–Crippen MR) is 85.0 cm³/mol. The summed E-state index contributed by atoms with van der Waals surface area (Å²) in [5.74, 6) is 0.830. The lowest BCUT2D eigenvalue weighted by atomic mass is 10.1. The van der Waals surface area contributed by atoms with E-state index < -0.39 is 0 Å². The van der Waals surface area contributed by atoms with E-state index in [0.717, 1.165) is 29.0 Å². The van der Waals surface area contributed by atoms with Crippen molar-refractivity contribution >= 4 is 28.3 Å². The van der Waals surface area contributed by atoms with Gasteiger partial charge in [-0.15, -0.1) is 0 Å². The fourth-order valence-corrected chi connectivity index (χ4v) is 2.79. The van der Waals surface area contributed by atoms with E-state index in [4.69, 9.17) is 22.3 Å². The van der Waals surface area contributed by atoms with Gasteiger partial charge in [0.25, 0.3) is 0 Å². The highest BCUT2D eigenvalue weighted by atomic mass is 35.5. The van der Waals surface area contributed by atoms with E-state index in [2.05, 4.69) is 36.6 Å². The maximum Gasteiger partial charge on any atom is 0.144 e. The summed E-state index contributed by atoms with van der Waals surface area (Å²) in [6.45, 7) is 4.98. The van der Waals surface area contributed by atoms with Crippen LogP contribution in [-0.4, -0.2) is 9.55 Å². The average molecular weight is 286 g/mol. The Bertz CT molecular complexity index is 770. The highest BCUT2D eigenvalue weighted by Crippen LogP contribution is 2.34. The van der Waals surface area contributed by atoms with Crippen LogP contribution in [0.3, 0.4) is 0 Å². The minimum Gasteiger partial charge on any atom is -0.398 e. The summed E-state index contributed by atoms with van der Waals surface area (Å²) >= 11 is 6.32. The third kappa shape index (κ3) is 1.95. The maximum atomic E-state index is 6.32. The number of nitrogens with two attached hydrogens (primary N) is 1. The zero-order valence-corrected chi connectivity index (χ0v) is 12.3. The zero-order valence-electron chi connectivity index (χ0n) is 11.5. The summed E-state index contributed by atoms with van der Waals surface area (Å²) in [7, 11) is 0. The number of hydrogen-bond donors (Lipinski definition) is 1. The molecule has 102 valence electrons. The molecule has 0 saturated carbocycles. The SMILES string of the molecule is CCn1c(-c2c(N)cccc2Cl)nc2cc(C)ccc21. The molecule has 0 bridgehead atoms. The number of rotatable bonds is 2. The first-order valence-electron chi connectivity index (χ1n) is 6.63. The third-order valence-electron chi connectivity index (χ3n) is 3.49. The van der Waals surface area contributed by atoms with Crippen molar-refractivity contribution in [3.63, 3.8) is 0 Å². The smallest absolute Gasteiger partial charge is 0.144 e. The van der Waals surface area contributed by atoms with Gasteiger partial charge in [-0.1, -0.05) is 23.7 Å². The van der Waals surface area contributed by atoms with Gasteiger partial charge < -0.3 is 10.3 Å². The average Bonchev–Trinajstić information content (AvgIpc) is 2.75. The van der Waals surface area contributed by atoms with Crippen molar-refractivity contribution in [2.24, 2.45) is 0 Å². The lowest BCUT2D eigenvalue weighted by molar-refractivity contribution is 0.796. The van der Waals surface area contributed by atoms with Crippen LogP contribution >= 0.6 is 11.6 Å². The number of anilines is 1. The molecule has 0 atom stereocenters. The number of nitrogen functional groups attached to an aromatic ring is 1. The van der Waals surface area contributed by atoms with Crippen LogP contribution < -0.4 is 5.73 Å². The van der Waals surface area contributed by atoms with Crippen LogP contribution in [-0.2, 0) is 6.54 Å². The summed E-state index contributed by atoms with van der Waals surface area (Å²) in [6.07, 6.45) is 0. The molecule has 0 aliphatic rings. The van der Waals surface area contributed by atoms with Crippen molar-refractivity contribution in [1.29, 1.82) is 0 Å². The molecule has 2 N–H and O–H groups in total. The van der Waals surface area contributed by atoms with Crippen molar-refractivity contribution in [2.45, 2.75) is 20.4 Å². The van der Waals surface area contributed by atoms with Gasteiger partial charge in [0.1, 0.15) is 5.82 Å². The van der Waals surface area contributed by atoms with Gasteiger partial charge in [0.05, 0.1) is 21.6 Å². The second kappa shape index (κ2) is 4.84. The van der Waals surface area contributed by atoms with Crippen molar-refractivity contribution in [3.05, 3.63) is 47.0 Å². The monoisotopic (exact) mass is 285 g/mol. The molecule has 3 nitrogen and oxygen atoms in total. The standard InChI is InChI=1S/C16H16ClN3/c1-3-20-14-8-7-10(2)9-13(14)19-16(20)15-11(17)5-4-6-12(15)18/h4-9H,3,18H2,1-2H3. The first-order valence-corrected chi connectivity index (χ1v) is 7.01. The molecule has 0 spiro atoms. The molecule has 0 saturated heterocycles. The van der Waals surface area contributed by atoms with Gasteiger partial charge in [-0.3, -0.25) is 0 Å². The summed E-state index contributed by atoms with van der Waals surface area (Å²) in [4.78, 5) is 4.73. The van der Waals surface area contributed by atoms with Crippen LogP contribution in [0, 0.1) is 6.92 Å². The molecule has 0 fully saturated rings. The fourth-order valence-electron chi connectivity index (χ4n) is 2.53. The Morgan fingerprint density at radius 3 is 2.75 bits per heavy atom. The summed E-state index contributed by atoms with van der Waals surface area (Å²) in [6, 6.07) is 11.8. The molecule has 4 heteroatoms. The molecule has 0 aliphatic heterocycles. The molecule has 0 unspecified atom stereocenters. The first kappa shape index (κ1) is 13.0. The summed E-state index contributed by atoms with van der Waals surface area (Å²) in [5.41, 5.74) is 10.8. The van der Waals surface area contributed by atoms with Gasteiger partial charge in [0.2, 0.25) is 0 Å². The Kier molecular flexibility index (Phi) is 3.14. The third-order valence-corrected chi connectivity index (χ3v) is 3.80. The van der Waals surface area contributed by atoms with Crippen LogP contribution in [0.15, 0.2) is 36.4 Å². The molecule has 1 heterocycles. The van der Waals surface area contributed by atoms with E-state index >= 15 is 0 Å². The quantitative estimate of drug-likeness (QED) is 0.715. The lowest BCUT2D eigenvalue weighted by Crippen LogP contribution is -2.00. The molecule has 0 aliphatic carbocycles. The van der Waals surface area contributed by atoms with Gasteiger partial charge in [0, 0.05) is 12.2 Å². The Morgan fingerprint density at radius 2 is 2.05 bits per heavy atom. The van der Waals surface area contributed by atoms with Crippen LogP contribution in [0.1, 0.15) is 12.5 Å². The van der Waals surface area contributed by atoms with Gasteiger partial charge >= 0.3 is 0 Å². The largest absolute Gasteiger partial charge is 0.398 e. The molecule has 0 radical (unpaired) electrons. The van der Waals surface area contributed by atoms with E-state index in [1.54, 1.807) is 0 Å². The number of halogens is 1. The van der Waals surface area contributed by atoms with Crippen molar-refractivity contribution in [1.82, 2.24) is 9.55 Å². The normalized spacial score (nSPS) is 11.2. The Hall–Kier alpha value is -2.00. The molecule has 3 aromatic rings. The fraction of sp³-hybridized carbons (Fsp3) is 0.188. The van der Waals surface area contributed by atoms with Gasteiger partial charge in [0.15, 0.2) is 0 Å². The van der Waals surface area contributed by atoms with Crippen molar-refractivity contribution in [3.8, 4) is 11.4 Å². The lowest BCUT2D eigenvalue weighted by Gasteiger charge is -2.10. The zero-order chi connectivity index (χ0) is 14.3. The molecule has 1 aromatic heterocycles. The van der Waals surface area contributed by atoms with Crippen LogP contribution in [0.25, 0.3) is 22.4 Å². The topological polar surface area (TPSA) is 43.8 Å². The Labute approximate surface area is 123 Å². The molecular formula is C16H16ClN3. The van der Waals surface area contributed by atoms with Crippen LogP contribution in [0.5, 0.6) is 0 Å². The highest BCUT2D eigenvalue weighted by molar-refractivity contribution is 6.33. The van der Waals surface area contributed by atoms with Crippen LogP contribution in [0.4, 0.5) is 5.69 Å². The second-order valence-electron chi connectivity index (χ2n) is 4.88. The number of hydrogen-bond acceptors (Lipinski definition) is 2. The van der Waals surface area contributed by atoms with Gasteiger partial charge in [-0.2, -0.15) is 0 Å². The summed E-state index contributed by atoms with van der Waals surface area (Å²) in [5, 5.41) is 0.631. The minimum atomic E-state index is 0.631. The Balaban J connectivity index is 2.36. The van der Waals surface area contributed by atoms with Crippen molar-refractivity contribution < 1.29 is 0 Å². The Morgan fingerprint density at radius 1 is 1.25 bits per heavy atom. The predicted octanol–water partition coefficient (Wildman–Crippen LogP) is 4.27.